The Balaban J connectivity index is 1.68. The molecule has 0 bridgehead atoms. The van der Waals surface area contributed by atoms with Crippen LogP contribution in [0.25, 0.3) is 10.8 Å². The van der Waals surface area contributed by atoms with Crippen molar-refractivity contribution in [1.29, 1.82) is 0 Å². The van der Waals surface area contributed by atoms with Gasteiger partial charge in [-0.1, -0.05) is 12.1 Å². The van der Waals surface area contributed by atoms with Crippen molar-refractivity contribution in [2.75, 3.05) is 26.0 Å². The second-order valence-electron chi connectivity index (χ2n) is 5.74. The molecule has 6 heteroatoms. The lowest BCUT2D eigenvalue weighted by Crippen LogP contribution is -2.26. The number of furan rings is 1. The molecular weight excluding hydrogens is 322 g/mol. The van der Waals surface area contributed by atoms with Crippen molar-refractivity contribution >= 4 is 22.9 Å². The zero-order valence-electron chi connectivity index (χ0n) is 13.9. The van der Waals surface area contributed by atoms with Gasteiger partial charge in [-0.3, -0.25) is 4.79 Å². The molecule has 0 aliphatic rings. The Morgan fingerprint density at radius 3 is 2.54 bits per heavy atom. The zero-order chi connectivity index (χ0) is 17.1. The number of rotatable bonds is 5. The summed E-state index contributed by atoms with van der Waals surface area (Å²) in [5.74, 6) is 0.585. The Labute approximate surface area is 145 Å². The van der Waals surface area contributed by atoms with Crippen molar-refractivity contribution in [3.05, 3.63) is 59.3 Å². The van der Waals surface area contributed by atoms with Gasteiger partial charge in [0.15, 0.2) is 10.8 Å². The van der Waals surface area contributed by atoms with E-state index < -0.39 is 0 Å². The fraction of sp³-hybridized carbons (Fsp3) is 0.222. The largest absolute Gasteiger partial charge is 0.462 e. The van der Waals surface area contributed by atoms with E-state index in [9.17, 15) is 4.79 Å². The molecule has 1 aromatic carbocycles. The quantitative estimate of drug-likeness (QED) is 0.709. The van der Waals surface area contributed by atoms with Crippen LogP contribution in [-0.2, 0) is 6.54 Å². The summed E-state index contributed by atoms with van der Waals surface area (Å²) in [6, 6.07) is 11.8. The highest BCUT2D eigenvalue weighted by Gasteiger charge is 2.17. The molecule has 0 aliphatic heterocycles. The van der Waals surface area contributed by atoms with E-state index in [-0.39, 0.29) is 5.91 Å². The van der Waals surface area contributed by atoms with E-state index in [1.165, 1.54) is 11.3 Å². The molecule has 3 rings (SSSR count). The number of anilines is 1. The fourth-order valence-electron chi connectivity index (χ4n) is 2.33. The van der Waals surface area contributed by atoms with Crippen LogP contribution in [0.1, 0.15) is 16.1 Å². The monoisotopic (exact) mass is 341 g/mol. The number of benzene rings is 1. The molecule has 0 unspecified atom stereocenters. The molecule has 0 atom stereocenters. The van der Waals surface area contributed by atoms with Gasteiger partial charge in [0, 0.05) is 38.8 Å². The van der Waals surface area contributed by atoms with Crippen LogP contribution in [0.5, 0.6) is 0 Å². The van der Waals surface area contributed by atoms with E-state index in [1.54, 1.807) is 23.6 Å². The third-order valence-corrected chi connectivity index (χ3v) is 4.53. The summed E-state index contributed by atoms with van der Waals surface area (Å²) >= 11 is 1.41. The Hall–Kier alpha value is -2.60. The summed E-state index contributed by atoms with van der Waals surface area (Å²) in [6.07, 6.45) is 1.60. The number of thiazole rings is 1. The summed E-state index contributed by atoms with van der Waals surface area (Å²) in [5.41, 5.74) is 2.66. The van der Waals surface area contributed by atoms with Crippen molar-refractivity contribution in [1.82, 2.24) is 9.88 Å². The molecule has 124 valence electrons. The molecular formula is C18H19N3O2S. The number of carbonyl (C=O) groups is 1. The van der Waals surface area contributed by atoms with Crippen molar-refractivity contribution in [3.8, 4) is 10.8 Å². The average Bonchev–Trinajstić information content (AvgIpc) is 3.25. The Kier molecular flexibility index (Phi) is 4.66. The first-order chi connectivity index (χ1) is 11.5. The predicted octanol–water partition coefficient (Wildman–Crippen LogP) is 3.74. The Morgan fingerprint density at radius 1 is 1.17 bits per heavy atom. The first-order valence-electron chi connectivity index (χ1n) is 7.56. The van der Waals surface area contributed by atoms with Crippen LogP contribution < -0.4 is 4.90 Å². The third kappa shape index (κ3) is 3.49. The zero-order valence-corrected chi connectivity index (χ0v) is 14.7. The lowest BCUT2D eigenvalue weighted by Gasteiger charge is -2.17. The molecule has 1 amide bonds. The van der Waals surface area contributed by atoms with Crippen molar-refractivity contribution in [3.63, 3.8) is 0 Å². The van der Waals surface area contributed by atoms with Gasteiger partial charge >= 0.3 is 0 Å². The molecule has 5 nitrogen and oxygen atoms in total. The van der Waals surface area contributed by atoms with Gasteiger partial charge < -0.3 is 14.2 Å². The molecule has 0 N–H and O–H groups in total. The van der Waals surface area contributed by atoms with Crippen LogP contribution >= 0.6 is 11.3 Å². The second-order valence-corrected chi connectivity index (χ2v) is 6.60. The smallest absolute Gasteiger partial charge is 0.273 e. The van der Waals surface area contributed by atoms with Crippen molar-refractivity contribution in [2.45, 2.75) is 6.54 Å². The molecule has 3 aromatic rings. The minimum absolute atomic E-state index is 0.0965. The van der Waals surface area contributed by atoms with Crippen molar-refractivity contribution in [2.24, 2.45) is 0 Å². The fourth-order valence-corrected chi connectivity index (χ4v) is 3.09. The molecule has 24 heavy (non-hydrogen) atoms. The molecule has 0 spiro atoms. The van der Waals surface area contributed by atoms with Crippen LogP contribution in [0.15, 0.2) is 52.5 Å². The molecule has 0 saturated carbocycles. The van der Waals surface area contributed by atoms with Crippen LogP contribution in [0.4, 0.5) is 5.69 Å². The first kappa shape index (κ1) is 16.3. The van der Waals surface area contributed by atoms with E-state index in [0.29, 0.717) is 23.0 Å². The van der Waals surface area contributed by atoms with E-state index in [4.69, 9.17) is 4.42 Å². The van der Waals surface area contributed by atoms with Gasteiger partial charge in [-0.25, -0.2) is 4.98 Å². The lowest BCUT2D eigenvalue weighted by molar-refractivity contribution is 0.0780. The van der Waals surface area contributed by atoms with E-state index in [0.717, 1.165) is 11.3 Å². The maximum Gasteiger partial charge on any atom is 0.273 e. The van der Waals surface area contributed by atoms with Crippen LogP contribution in [0.3, 0.4) is 0 Å². The van der Waals surface area contributed by atoms with Crippen LogP contribution in [-0.4, -0.2) is 36.9 Å². The number of hydrogen-bond donors (Lipinski definition) is 0. The highest BCUT2D eigenvalue weighted by molar-refractivity contribution is 7.13. The number of hydrogen-bond acceptors (Lipinski definition) is 5. The van der Waals surface area contributed by atoms with Gasteiger partial charge in [0.1, 0.15) is 5.69 Å². The molecule has 2 aromatic heterocycles. The Bertz CT molecular complexity index is 807. The average molecular weight is 341 g/mol. The summed E-state index contributed by atoms with van der Waals surface area (Å²) in [7, 11) is 5.79. The predicted molar refractivity (Wildman–Crippen MR) is 96.4 cm³/mol. The van der Waals surface area contributed by atoms with Gasteiger partial charge in [-0.2, -0.15) is 0 Å². The van der Waals surface area contributed by atoms with Gasteiger partial charge in [0.2, 0.25) is 0 Å². The highest BCUT2D eigenvalue weighted by Crippen LogP contribution is 2.24. The SMILES string of the molecule is CN(Cc1ccc(N(C)C)cc1)C(=O)c1csc(-c2ccco2)n1. The van der Waals surface area contributed by atoms with E-state index in [2.05, 4.69) is 4.98 Å². The molecule has 0 saturated heterocycles. The molecule has 0 fully saturated rings. The summed E-state index contributed by atoms with van der Waals surface area (Å²) in [4.78, 5) is 20.6. The number of amides is 1. The van der Waals surface area contributed by atoms with Gasteiger partial charge in [-0.15, -0.1) is 11.3 Å². The molecule has 0 aliphatic carbocycles. The minimum atomic E-state index is -0.0965. The first-order valence-corrected chi connectivity index (χ1v) is 8.43. The highest BCUT2D eigenvalue weighted by atomic mass is 32.1. The van der Waals surface area contributed by atoms with E-state index >= 15 is 0 Å². The number of nitrogens with zero attached hydrogens (tertiary/aromatic N) is 3. The number of aromatic nitrogens is 1. The van der Waals surface area contributed by atoms with Gasteiger partial charge in [-0.05, 0) is 29.8 Å². The lowest BCUT2D eigenvalue weighted by atomic mass is 10.2. The summed E-state index contributed by atoms with van der Waals surface area (Å²) < 4.78 is 5.32. The summed E-state index contributed by atoms with van der Waals surface area (Å²) in [5, 5.41) is 2.48. The maximum atomic E-state index is 12.5. The van der Waals surface area contributed by atoms with Crippen molar-refractivity contribution < 1.29 is 9.21 Å². The Morgan fingerprint density at radius 2 is 1.92 bits per heavy atom. The standard InChI is InChI=1S/C18H19N3O2S/c1-20(2)14-8-6-13(7-9-14)11-21(3)18(22)15-12-24-17(19-15)16-5-4-10-23-16/h4-10,12H,11H2,1-3H3. The summed E-state index contributed by atoms with van der Waals surface area (Å²) in [6.45, 7) is 0.542. The second kappa shape index (κ2) is 6.88. The maximum absolute atomic E-state index is 12.5. The van der Waals surface area contributed by atoms with Gasteiger partial charge in [0.25, 0.3) is 5.91 Å². The topological polar surface area (TPSA) is 49.6 Å². The molecule has 2 heterocycles. The third-order valence-electron chi connectivity index (χ3n) is 3.67. The minimum Gasteiger partial charge on any atom is -0.462 e. The number of carbonyl (C=O) groups excluding carboxylic acids is 1. The normalized spacial score (nSPS) is 10.6. The van der Waals surface area contributed by atoms with Crippen LogP contribution in [0.2, 0.25) is 0 Å². The van der Waals surface area contributed by atoms with E-state index in [1.807, 2.05) is 55.4 Å². The van der Waals surface area contributed by atoms with Gasteiger partial charge in [0.05, 0.1) is 6.26 Å². The van der Waals surface area contributed by atoms with Crippen LogP contribution in [0, 0.1) is 0 Å². The molecule has 0 radical (unpaired) electrons.